The predicted molar refractivity (Wildman–Crippen MR) is 50.2 cm³/mol. The van der Waals surface area contributed by atoms with Crippen LogP contribution in [0, 0.1) is 0 Å². The van der Waals surface area contributed by atoms with Crippen molar-refractivity contribution in [3.8, 4) is 0 Å². The number of aliphatic hydroxyl groups is 1. The minimum Gasteiger partial charge on any atom is -0.392 e. The molecule has 3 nitrogen and oxygen atoms in total. The molecular formula is C9H20N2O. The molecule has 0 aliphatic carbocycles. The van der Waals surface area contributed by atoms with Crippen LogP contribution >= 0.6 is 0 Å². The Kier molecular flexibility index (Phi) is 3.98. The third-order valence-electron chi connectivity index (χ3n) is 2.52. The van der Waals surface area contributed by atoms with E-state index in [0.717, 1.165) is 25.9 Å². The molecule has 0 bridgehead atoms. The summed E-state index contributed by atoms with van der Waals surface area (Å²) < 4.78 is 0. The average molecular weight is 172 g/mol. The topological polar surface area (TPSA) is 44.3 Å². The molecule has 3 heteroatoms. The molecule has 3 unspecified atom stereocenters. The first kappa shape index (κ1) is 9.96. The van der Waals surface area contributed by atoms with E-state index in [9.17, 15) is 5.11 Å². The average Bonchev–Trinajstić information content (AvgIpc) is 2.47. The van der Waals surface area contributed by atoms with Gasteiger partial charge < -0.3 is 15.7 Å². The Morgan fingerprint density at radius 3 is 2.92 bits per heavy atom. The van der Waals surface area contributed by atoms with Crippen LogP contribution in [0.2, 0.25) is 0 Å². The number of β-amino-alcohol motifs (C(OH)–C–C–N with tert-alkyl or cyclic N) is 1. The summed E-state index contributed by atoms with van der Waals surface area (Å²) in [4.78, 5) is 0. The summed E-state index contributed by atoms with van der Waals surface area (Å²) in [6.45, 7) is 6.10. The molecule has 3 atom stereocenters. The summed E-state index contributed by atoms with van der Waals surface area (Å²) in [5, 5.41) is 15.9. The Labute approximate surface area is 74.5 Å². The number of nitrogens with one attached hydrogen (secondary N) is 2. The van der Waals surface area contributed by atoms with Crippen molar-refractivity contribution < 1.29 is 5.11 Å². The van der Waals surface area contributed by atoms with Crippen LogP contribution < -0.4 is 10.6 Å². The Morgan fingerprint density at radius 1 is 1.67 bits per heavy atom. The summed E-state index contributed by atoms with van der Waals surface area (Å²) in [5.74, 6) is 0. The third-order valence-corrected chi connectivity index (χ3v) is 2.52. The third kappa shape index (κ3) is 3.09. The van der Waals surface area contributed by atoms with Gasteiger partial charge in [0.15, 0.2) is 0 Å². The molecule has 1 saturated heterocycles. The molecule has 1 fully saturated rings. The fraction of sp³-hybridized carbons (Fsp3) is 1.00. The second-order valence-electron chi connectivity index (χ2n) is 3.71. The van der Waals surface area contributed by atoms with E-state index in [1.54, 1.807) is 0 Å². The summed E-state index contributed by atoms with van der Waals surface area (Å²) in [6, 6.07) is 1.05. The first-order valence-corrected chi connectivity index (χ1v) is 4.87. The molecule has 1 aliphatic rings. The summed E-state index contributed by atoms with van der Waals surface area (Å²) in [7, 11) is 0. The molecule has 0 spiro atoms. The van der Waals surface area contributed by atoms with E-state index in [-0.39, 0.29) is 6.10 Å². The summed E-state index contributed by atoms with van der Waals surface area (Å²) in [6.07, 6.45) is 1.92. The van der Waals surface area contributed by atoms with Gasteiger partial charge in [-0.3, -0.25) is 0 Å². The van der Waals surface area contributed by atoms with Crippen LogP contribution in [-0.4, -0.2) is 36.4 Å². The van der Waals surface area contributed by atoms with Crippen molar-refractivity contribution in [1.29, 1.82) is 0 Å². The van der Waals surface area contributed by atoms with Crippen LogP contribution in [0.25, 0.3) is 0 Å². The maximum atomic E-state index is 9.23. The first-order valence-electron chi connectivity index (χ1n) is 4.87. The molecule has 72 valence electrons. The zero-order valence-electron chi connectivity index (χ0n) is 8.01. The van der Waals surface area contributed by atoms with Crippen LogP contribution in [-0.2, 0) is 0 Å². The Hall–Kier alpha value is -0.120. The molecular weight excluding hydrogens is 152 g/mol. The maximum Gasteiger partial charge on any atom is 0.0680 e. The van der Waals surface area contributed by atoms with Crippen molar-refractivity contribution in [3.63, 3.8) is 0 Å². The van der Waals surface area contributed by atoms with Crippen molar-refractivity contribution in [3.05, 3.63) is 0 Å². The fourth-order valence-corrected chi connectivity index (χ4v) is 1.44. The molecule has 3 N–H and O–H groups in total. The quantitative estimate of drug-likeness (QED) is 0.563. The van der Waals surface area contributed by atoms with Gasteiger partial charge in [-0.15, -0.1) is 0 Å². The fourth-order valence-electron chi connectivity index (χ4n) is 1.44. The van der Waals surface area contributed by atoms with Gasteiger partial charge >= 0.3 is 0 Å². The number of aliphatic hydroxyl groups excluding tert-OH is 1. The first-order chi connectivity index (χ1) is 5.72. The van der Waals surface area contributed by atoms with Crippen LogP contribution in [0.15, 0.2) is 0 Å². The molecule has 12 heavy (non-hydrogen) atoms. The van der Waals surface area contributed by atoms with Gasteiger partial charge in [0.25, 0.3) is 0 Å². The lowest BCUT2D eigenvalue weighted by Gasteiger charge is -2.15. The maximum absolute atomic E-state index is 9.23. The molecule has 0 saturated carbocycles. The van der Waals surface area contributed by atoms with Gasteiger partial charge in [-0.1, -0.05) is 6.92 Å². The van der Waals surface area contributed by atoms with Crippen molar-refractivity contribution in [2.24, 2.45) is 0 Å². The second kappa shape index (κ2) is 4.80. The monoisotopic (exact) mass is 172 g/mol. The van der Waals surface area contributed by atoms with Gasteiger partial charge in [-0.2, -0.15) is 0 Å². The van der Waals surface area contributed by atoms with Gasteiger partial charge in [0, 0.05) is 25.2 Å². The highest BCUT2D eigenvalue weighted by Crippen LogP contribution is 2.05. The van der Waals surface area contributed by atoms with Crippen LogP contribution in [0.3, 0.4) is 0 Å². The summed E-state index contributed by atoms with van der Waals surface area (Å²) in [5.41, 5.74) is 0. The van der Waals surface area contributed by atoms with E-state index in [1.807, 2.05) is 0 Å². The number of hydrogen-bond acceptors (Lipinski definition) is 3. The highest BCUT2D eigenvalue weighted by molar-refractivity contribution is 4.83. The van der Waals surface area contributed by atoms with Crippen LogP contribution in [0.4, 0.5) is 0 Å². The summed E-state index contributed by atoms with van der Waals surface area (Å²) >= 11 is 0. The molecule has 0 aromatic rings. The van der Waals surface area contributed by atoms with Crippen molar-refractivity contribution in [2.75, 3.05) is 13.1 Å². The van der Waals surface area contributed by atoms with E-state index in [4.69, 9.17) is 0 Å². The molecule has 0 radical (unpaired) electrons. The van der Waals surface area contributed by atoms with Crippen molar-refractivity contribution in [1.82, 2.24) is 10.6 Å². The lowest BCUT2D eigenvalue weighted by Crippen LogP contribution is -2.37. The van der Waals surface area contributed by atoms with E-state index >= 15 is 0 Å². The van der Waals surface area contributed by atoms with Gasteiger partial charge in [0.05, 0.1) is 6.10 Å². The Bertz CT molecular complexity index is 130. The van der Waals surface area contributed by atoms with Gasteiger partial charge in [0.1, 0.15) is 0 Å². The Morgan fingerprint density at radius 2 is 2.42 bits per heavy atom. The number of hydrogen-bond donors (Lipinski definition) is 3. The van der Waals surface area contributed by atoms with Crippen molar-refractivity contribution in [2.45, 2.75) is 44.9 Å². The molecule has 1 heterocycles. The largest absolute Gasteiger partial charge is 0.392 e. The minimum absolute atomic E-state index is 0.131. The lowest BCUT2D eigenvalue weighted by molar-refractivity contribution is 0.193. The highest BCUT2D eigenvalue weighted by atomic mass is 16.3. The van der Waals surface area contributed by atoms with E-state index in [0.29, 0.717) is 12.1 Å². The van der Waals surface area contributed by atoms with Gasteiger partial charge in [-0.25, -0.2) is 0 Å². The molecule has 0 amide bonds. The van der Waals surface area contributed by atoms with Gasteiger partial charge in [0.2, 0.25) is 0 Å². The molecule has 0 aromatic carbocycles. The van der Waals surface area contributed by atoms with E-state index in [1.165, 1.54) is 0 Å². The zero-order valence-corrected chi connectivity index (χ0v) is 8.01. The van der Waals surface area contributed by atoms with E-state index in [2.05, 4.69) is 24.5 Å². The predicted octanol–water partition coefficient (Wildman–Crippen LogP) is 0.0973. The van der Waals surface area contributed by atoms with Crippen LogP contribution in [0.1, 0.15) is 26.7 Å². The molecule has 1 aliphatic heterocycles. The number of rotatable bonds is 4. The standard InChI is InChI=1S/C9H20N2O/c1-3-7(2)10-5-8-4-9(12)6-11-8/h7-12H,3-6H2,1-2H3. The van der Waals surface area contributed by atoms with Crippen molar-refractivity contribution >= 4 is 0 Å². The van der Waals surface area contributed by atoms with E-state index < -0.39 is 0 Å². The zero-order chi connectivity index (χ0) is 8.97. The minimum atomic E-state index is -0.131. The molecule has 0 aromatic heterocycles. The smallest absolute Gasteiger partial charge is 0.0680 e. The van der Waals surface area contributed by atoms with Crippen LogP contribution in [0.5, 0.6) is 0 Å². The normalized spacial score (nSPS) is 32.2. The van der Waals surface area contributed by atoms with Gasteiger partial charge in [-0.05, 0) is 19.8 Å². The SMILES string of the molecule is CCC(C)NCC1CC(O)CN1. The molecule has 1 rings (SSSR count). The lowest BCUT2D eigenvalue weighted by atomic mass is 10.2. The Balaban J connectivity index is 2.07. The highest BCUT2D eigenvalue weighted by Gasteiger charge is 2.21. The second-order valence-corrected chi connectivity index (χ2v) is 3.71.